The zero-order valence-electron chi connectivity index (χ0n) is 16.5. The van der Waals surface area contributed by atoms with Gasteiger partial charge in [-0.25, -0.2) is 4.98 Å². The third-order valence-corrected chi connectivity index (χ3v) is 8.41. The maximum Gasteiger partial charge on any atom is 0.230 e. The minimum absolute atomic E-state index is 0.567. The Morgan fingerprint density at radius 3 is 2.86 bits per heavy atom. The van der Waals surface area contributed by atoms with Crippen molar-refractivity contribution in [2.75, 3.05) is 5.32 Å². The van der Waals surface area contributed by atoms with E-state index >= 15 is 0 Å². The van der Waals surface area contributed by atoms with Gasteiger partial charge in [0, 0.05) is 16.6 Å². The Labute approximate surface area is 172 Å². The number of anilines is 1. The van der Waals surface area contributed by atoms with Crippen LogP contribution in [0, 0.1) is 0 Å². The Hall–Kier alpha value is -1.32. The SMILES string of the molecule is CC1CCc2c1cc1c(c2NC(O)N=S(N)c2cnc(C(C)(C)O)s2)CCC1. The fourth-order valence-electron chi connectivity index (χ4n) is 4.17. The molecule has 0 aliphatic heterocycles. The first-order valence-electron chi connectivity index (χ1n) is 9.74. The second-order valence-electron chi connectivity index (χ2n) is 8.23. The summed E-state index contributed by atoms with van der Waals surface area (Å²) in [6.07, 6.45) is 6.07. The minimum atomic E-state index is -1.08. The quantitative estimate of drug-likeness (QED) is 0.556. The van der Waals surface area contributed by atoms with Gasteiger partial charge in [0.05, 0.1) is 6.20 Å². The molecule has 8 heteroatoms. The van der Waals surface area contributed by atoms with E-state index in [0.717, 1.165) is 42.0 Å². The molecule has 4 rings (SSSR count). The van der Waals surface area contributed by atoms with Gasteiger partial charge < -0.3 is 15.5 Å². The van der Waals surface area contributed by atoms with Crippen LogP contribution in [0.3, 0.4) is 0 Å². The maximum atomic E-state index is 10.6. The summed E-state index contributed by atoms with van der Waals surface area (Å²) in [6, 6.07) is 2.38. The van der Waals surface area contributed by atoms with Crippen molar-refractivity contribution >= 4 is 27.9 Å². The van der Waals surface area contributed by atoms with Crippen LogP contribution in [0.15, 0.2) is 20.8 Å². The molecule has 28 heavy (non-hydrogen) atoms. The predicted octanol–water partition coefficient (Wildman–Crippen LogP) is 3.33. The van der Waals surface area contributed by atoms with Crippen LogP contribution >= 0.6 is 11.3 Å². The number of thiazole rings is 1. The number of hydrogen-bond acceptors (Lipinski definition) is 6. The van der Waals surface area contributed by atoms with E-state index in [1.807, 2.05) is 0 Å². The third kappa shape index (κ3) is 3.76. The molecule has 6 nitrogen and oxygen atoms in total. The lowest BCUT2D eigenvalue weighted by Gasteiger charge is -2.19. The number of fused-ring (bicyclic) bond motifs is 2. The van der Waals surface area contributed by atoms with E-state index in [4.69, 9.17) is 5.14 Å². The molecule has 0 fully saturated rings. The van der Waals surface area contributed by atoms with Gasteiger partial charge in [0.2, 0.25) is 6.35 Å². The molecule has 3 unspecified atom stereocenters. The highest BCUT2D eigenvalue weighted by Crippen LogP contribution is 2.43. The number of rotatable bonds is 5. The van der Waals surface area contributed by atoms with Gasteiger partial charge >= 0.3 is 0 Å². The van der Waals surface area contributed by atoms with Crippen molar-refractivity contribution in [2.24, 2.45) is 9.50 Å². The molecule has 0 saturated heterocycles. The van der Waals surface area contributed by atoms with Crippen LogP contribution in [-0.4, -0.2) is 21.5 Å². The zero-order valence-corrected chi connectivity index (χ0v) is 18.2. The van der Waals surface area contributed by atoms with E-state index in [9.17, 15) is 10.2 Å². The molecule has 0 radical (unpaired) electrons. The third-order valence-electron chi connectivity index (χ3n) is 5.60. The monoisotopic (exact) mass is 420 g/mol. The van der Waals surface area contributed by atoms with Gasteiger partial charge in [0.25, 0.3) is 0 Å². The van der Waals surface area contributed by atoms with Crippen molar-refractivity contribution in [2.45, 2.75) is 75.0 Å². The van der Waals surface area contributed by atoms with Crippen molar-refractivity contribution in [3.8, 4) is 0 Å². The molecule has 3 atom stereocenters. The smallest absolute Gasteiger partial charge is 0.230 e. The van der Waals surface area contributed by atoms with Crippen LogP contribution in [0.2, 0.25) is 0 Å². The number of benzene rings is 1. The van der Waals surface area contributed by atoms with Crippen LogP contribution in [0.25, 0.3) is 0 Å². The molecule has 0 amide bonds. The van der Waals surface area contributed by atoms with Crippen LogP contribution in [0.4, 0.5) is 5.69 Å². The number of aryl methyl sites for hydroxylation is 1. The van der Waals surface area contributed by atoms with Crippen LogP contribution in [0.1, 0.15) is 66.8 Å². The molecular formula is C20H28N4O2S2. The molecule has 152 valence electrons. The Morgan fingerprint density at radius 1 is 1.36 bits per heavy atom. The second-order valence-corrected chi connectivity index (χ2v) is 10.8. The highest BCUT2D eigenvalue weighted by Gasteiger charge is 2.28. The summed E-state index contributed by atoms with van der Waals surface area (Å²) in [4.78, 5) is 4.24. The molecule has 1 aromatic carbocycles. The van der Waals surface area contributed by atoms with Crippen molar-refractivity contribution in [3.05, 3.63) is 39.5 Å². The number of nitrogens with zero attached hydrogens (tertiary/aromatic N) is 2. The molecule has 2 aliphatic rings. The van der Waals surface area contributed by atoms with E-state index in [2.05, 4.69) is 27.7 Å². The summed E-state index contributed by atoms with van der Waals surface area (Å²) in [5, 5.41) is 30.7. The molecular weight excluding hydrogens is 392 g/mol. The summed E-state index contributed by atoms with van der Waals surface area (Å²) in [7, 11) is -0.997. The summed E-state index contributed by atoms with van der Waals surface area (Å²) in [5.74, 6) is 0.567. The second kappa shape index (κ2) is 7.50. The molecule has 0 spiro atoms. The lowest BCUT2D eigenvalue weighted by Crippen LogP contribution is -2.21. The summed E-state index contributed by atoms with van der Waals surface area (Å²) >= 11 is 1.33. The first kappa shape index (κ1) is 20.0. The molecule has 0 bridgehead atoms. The Kier molecular flexibility index (Phi) is 5.35. The normalized spacial score (nSPS) is 20.9. The van der Waals surface area contributed by atoms with Crippen molar-refractivity contribution in [1.82, 2.24) is 4.98 Å². The van der Waals surface area contributed by atoms with E-state index in [0.29, 0.717) is 10.9 Å². The fraction of sp³-hybridized carbons (Fsp3) is 0.550. The van der Waals surface area contributed by atoms with Crippen LogP contribution in [0.5, 0.6) is 0 Å². The molecule has 0 saturated carbocycles. The topological polar surface area (TPSA) is 104 Å². The van der Waals surface area contributed by atoms with Gasteiger partial charge in [0.1, 0.15) is 14.8 Å². The van der Waals surface area contributed by atoms with E-state index < -0.39 is 22.8 Å². The van der Waals surface area contributed by atoms with Crippen LogP contribution in [-0.2, 0) is 35.7 Å². The van der Waals surface area contributed by atoms with Gasteiger partial charge in [0.15, 0.2) is 0 Å². The Bertz CT molecular complexity index is 933. The highest BCUT2D eigenvalue weighted by atomic mass is 32.2. The van der Waals surface area contributed by atoms with Gasteiger partial charge in [-0.15, -0.1) is 11.3 Å². The standard InChI is InChI=1S/C20H28N4O2S2/c1-11-7-8-14-15(11)9-12-5-4-6-13(12)17(14)23-19(25)24-28(21)16-10-22-18(27-16)20(2,3)26/h9-11,19,23,25-26H,4-8H2,1-3H3,(H2,21,24). The summed E-state index contributed by atoms with van der Waals surface area (Å²) < 4.78 is 5.09. The van der Waals surface area contributed by atoms with E-state index in [1.54, 1.807) is 20.0 Å². The first-order chi connectivity index (χ1) is 13.2. The number of nitrogens with two attached hydrogens (primary N) is 1. The number of aromatic nitrogens is 1. The molecule has 1 heterocycles. The van der Waals surface area contributed by atoms with Crippen molar-refractivity contribution < 1.29 is 10.2 Å². The number of aliphatic hydroxyl groups is 2. The largest absolute Gasteiger partial charge is 0.383 e. The highest BCUT2D eigenvalue weighted by molar-refractivity contribution is 7.87. The van der Waals surface area contributed by atoms with Crippen molar-refractivity contribution in [1.29, 1.82) is 0 Å². The van der Waals surface area contributed by atoms with Gasteiger partial charge in [-0.05, 0) is 74.1 Å². The lowest BCUT2D eigenvalue weighted by atomic mass is 9.96. The lowest BCUT2D eigenvalue weighted by molar-refractivity contribution is 0.0783. The molecule has 2 aliphatic carbocycles. The number of aliphatic hydroxyl groups excluding tert-OH is 1. The zero-order chi connectivity index (χ0) is 20.1. The minimum Gasteiger partial charge on any atom is -0.383 e. The summed E-state index contributed by atoms with van der Waals surface area (Å²) in [5.41, 5.74) is 5.56. The number of hydrogen-bond donors (Lipinski definition) is 4. The molecule has 5 N–H and O–H groups in total. The van der Waals surface area contributed by atoms with Crippen LogP contribution < -0.4 is 10.5 Å². The average Bonchev–Trinajstić information content (AvgIpc) is 3.34. The molecule has 1 aromatic heterocycles. The summed E-state index contributed by atoms with van der Waals surface area (Å²) in [6.45, 7) is 5.66. The fourth-order valence-corrected chi connectivity index (χ4v) is 6.06. The average molecular weight is 421 g/mol. The van der Waals surface area contributed by atoms with Crippen molar-refractivity contribution in [3.63, 3.8) is 0 Å². The van der Waals surface area contributed by atoms with Gasteiger partial charge in [-0.1, -0.05) is 13.0 Å². The van der Waals surface area contributed by atoms with E-state index in [1.165, 1.54) is 33.6 Å². The van der Waals surface area contributed by atoms with E-state index in [-0.39, 0.29) is 0 Å². The predicted molar refractivity (Wildman–Crippen MR) is 114 cm³/mol. The number of nitrogens with one attached hydrogen (secondary N) is 1. The maximum absolute atomic E-state index is 10.6. The Morgan fingerprint density at radius 2 is 2.14 bits per heavy atom. The van der Waals surface area contributed by atoms with Gasteiger partial charge in [-0.2, -0.15) is 4.36 Å². The first-order valence-corrected chi connectivity index (χ1v) is 11.8. The molecule has 2 aromatic rings. The van der Waals surface area contributed by atoms with Gasteiger partial charge in [-0.3, -0.25) is 5.14 Å². The Balaban J connectivity index is 1.59.